The number of carbonyl (C=O) groups excluding carboxylic acids is 2. The van der Waals surface area contributed by atoms with Crippen LogP contribution in [0.2, 0.25) is 0 Å². The van der Waals surface area contributed by atoms with Crippen LogP contribution in [-0.2, 0) is 16.0 Å². The van der Waals surface area contributed by atoms with E-state index in [1.165, 1.54) is 6.08 Å². The molecule has 1 aliphatic rings. The molecule has 1 N–H and O–H groups in total. The van der Waals surface area contributed by atoms with Gasteiger partial charge >= 0.3 is 0 Å². The highest BCUT2D eigenvalue weighted by atomic mass is 16.2. The van der Waals surface area contributed by atoms with Crippen molar-refractivity contribution in [3.63, 3.8) is 0 Å². The van der Waals surface area contributed by atoms with Crippen LogP contribution in [0.25, 0.3) is 0 Å². The van der Waals surface area contributed by atoms with E-state index in [-0.39, 0.29) is 24.3 Å². The van der Waals surface area contributed by atoms with Gasteiger partial charge in [-0.05, 0) is 17.7 Å². The third kappa shape index (κ3) is 3.28. The first kappa shape index (κ1) is 15.0. The first-order valence-electron chi connectivity index (χ1n) is 7.30. The van der Waals surface area contributed by atoms with Crippen LogP contribution in [0.4, 0.5) is 5.69 Å². The fourth-order valence-electron chi connectivity index (χ4n) is 2.50. The van der Waals surface area contributed by atoms with Gasteiger partial charge in [0.2, 0.25) is 11.8 Å². The van der Waals surface area contributed by atoms with E-state index < -0.39 is 0 Å². The summed E-state index contributed by atoms with van der Waals surface area (Å²) in [7, 11) is 0. The molecule has 2 amide bonds. The summed E-state index contributed by atoms with van der Waals surface area (Å²) in [4.78, 5) is 25.6. The Balaban J connectivity index is 1.61. The van der Waals surface area contributed by atoms with Gasteiger partial charge in [-0.1, -0.05) is 24.8 Å². The number of amides is 2. The second kappa shape index (κ2) is 6.43. The van der Waals surface area contributed by atoms with Crippen molar-refractivity contribution in [3.05, 3.63) is 55.1 Å². The summed E-state index contributed by atoms with van der Waals surface area (Å²) in [5, 5.41) is 10.3. The standard InChI is InChI=1S/C16H17N5O2/c1-2-15(22)19-14-6-4-3-5-12(14)7-16(23)20-8-13(9-20)21-10-17-18-11-21/h2-6,10-11,13H,1,7-9H2,(H,19,22). The Morgan fingerprint density at radius 3 is 2.65 bits per heavy atom. The van der Waals surface area contributed by atoms with Gasteiger partial charge in [-0.3, -0.25) is 9.59 Å². The second-order valence-electron chi connectivity index (χ2n) is 5.39. The number of anilines is 1. The van der Waals surface area contributed by atoms with Gasteiger partial charge in [0.05, 0.1) is 12.5 Å². The van der Waals surface area contributed by atoms with E-state index >= 15 is 0 Å². The van der Waals surface area contributed by atoms with Crippen molar-refractivity contribution in [1.82, 2.24) is 19.7 Å². The van der Waals surface area contributed by atoms with Crippen molar-refractivity contribution in [3.8, 4) is 0 Å². The summed E-state index contributed by atoms with van der Waals surface area (Å²) in [5.41, 5.74) is 1.43. The summed E-state index contributed by atoms with van der Waals surface area (Å²) >= 11 is 0. The molecule has 1 aromatic carbocycles. The third-order valence-electron chi connectivity index (χ3n) is 3.88. The van der Waals surface area contributed by atoms with E-state index in [1.54, 1.807) is 23.6 Å². The second-order valence-corrected chi connectivity index (χ2v) is 5.39. The fourth-order valence-corrected chi connectivity index (χ4v) is 2.50. The van der Waals surface area contributed by atoms with Crippen LogP contribution in [0.3, 0.4) is 0 Å². The van der Waals surface area contributed by atoms with E-state index in [2.05, 4.69) is 22.1 Å². The number of hydrogen-bond acceptors (Lipinski definition) is 4. The third-order valence-corrected chi connectivity index (χ3v) is 3.88. The molecule has 0 saturated carbocycles. The van der Waals surface area contributed by atoms with Gasteiger partial charge in [-0.15, -0.1) is 10.2 Å². The van der Waals surface area contributed by atoms with Gasteiger partial charge in [-0.25, -0.2) is 0 Å². The van der Waals surface area contributed by atoms with Crippen molar-refractivity contribution < 1.29 is 9.59 Å². The van der Waals surface area contributed by atoms with Crippen LogP contribution < -0.4 is 5.32 Å². The van der Waals surface area contributed by atoms with Crippen LogP contribution in [0, 0.1) is 0 Å². The van der Waals surface area contributed by atoms with E-state index in [0.717, 1.165) is 5.56 Å². The number of benzene rings is 1. The minimum atomic E-state index is -0.290. The quantitative estimate of drug-likeness (QED) is 0.836. The maximum absolute atomic E-state index is 12.4. The van der Waals surface area contributed by atoms with Crippen molar-refractivity contribution >= 4 is 17.5 Å². The number of nitrogens with zero attached hydrogens (tertiary/aromatic N) is 4. The maximum atomic E-state index is 12.4. The number of rotatable bonds is 5. The molecule has 0 bridgehead atoms. The summed E-state index contributed by atoms with van der Waals surface area (Å²) in [6, 6.07) is 7.53. The van der Waals surface area contributed by atoms with Crippen LogP contribution in [-0.4, -0.2) is 44.6 Å². The highest BCUT2D eigenvalue weighted by molar-refractivity contribution is 5.99. The van der Waals surface area contributed by atoms with E-state index in [1.807, 2.05) is 22.8 Å². The molecule has 7 heteroatoms. The average Bonchev–Trinajstić information content (AvgIpc) is 3.01. The maximum Gasteiger partial charge on any atom is 0.247 e. The minimum Gasteiger partial charge on any atom is -0.338 e. The zero-order valence-corrected chi connectivity index (χ0v) is 12.6. The first-order chi connectivity index (χ1) is 11.2. The lowest BCUT2D eigenvalue weighted by molar-refractivity contribution is -0.136. The SMILES string of the molecule is C=CC(=O)Nc1ccccc1CC(=O)N1CC(n2cnnc2)C1. The molecule has 0 aliphatic carbocycles. The molecule has 23 heavy (non-hydrogen) atoms. The van der Waals surface area contributed by atoms with Crippen molar-refractivity contribution in [2.45, 2.75) is 12.5 Å². The molecule has 2 heterocycles. The molecule has 3 rings (SSSR count). The molecule has 1 fully saturated rings. The fraction of sp³-hybridized carbons (Fsp3) is 0.250. The average molecular weight is 311 g/mol. The summed E-state index contributed by atoms with van der Waals surface area (Å²) < 4.78 is 1.90. The van der Waals surface area contributed by atoms with Gasteiger partial charge in [0.15, 0.2) is 0 Å². The van der Waals surface area contributed by atoms with E-state index in [9.17, 15) is 9.59 Å². The van der Waals surface area contributed by atoms with Crippen molar-refractivity contribution in [1.29, 1.82) is 0 Å². The molecule has 1 aliphatic heterocycles. The van der Waals surface area contributed by atoms with Gasteiger partial charge < -0.3 is 14.8 Å². The molecule has 0 unspecified atom stereocenters. The minimum absolute atomic E-state index is 0.0367. The monoisotopic (exact) mass is 311 g/mol. The van der Waals surface area contributed by atoms with Gasteiger partial charge in [0, 0.05) is 18.8 Å². The summed E-state index contributed by atoms with van der Waals surface area (Å²) in [6.45, 7) is 4.73. The summed E-state index contributed by atoms with van der Waals surface area (Å²) in [5.74, 6) is -0.254. The number of aromatic nitrogens is 3. The number of likely N-dealkylation sites (tertiary alicyclic amines) is 1. The number of hydrogen-bond donors (Lipinski definition) is 1. The Morgan fingerprint density at radius 2 is 1.96 bits per heavy atom. The van der Waals surface area contributed by atoms with Gasteiger partial charge in [0.1, 0.15) is 12.7 Å². The van der Waals surface area contributed by atoms with Crippen molar-refractivity contribution in [2.24, 2.45) is 0 Å². The Labute approximate surface area is 133 Å². The highest BCUT2D eigenvalue weighted by Gasteiger charge is 2.31. The van der Waals surface area contributed by atoms with E-state index in [4.69, 9.17) is 0 Å². The van der Waals surface area contributed by atoms with Crippen LogP contribution >= 0.6 is 0 Å². The van der Waals surface area contributed by atoms with E-state index in [0.29, 0.717) is 18.8 Å². The van der Waals surface area contributed by atoms with Gasteiger partial charge in [0.25, 0.3) is 0 Å². The lowest BCUT2D eigenvalue weighted by Gasteiger charge is -2.39. The molecular weight excluding hydrogens is 294 g/mol. The Morgan fingerprint density at radius 1 is 1.26 bits per heavy atom. The molecule has 118 valence electrons. The predicted octanol–water partition coefficient (Wildman–Crippen LogP) is 1.03. The first-order valence-corrected chi connectivity index (χ1v) is 7.30. The zero-order chi connectivity index (χ0) is 16.2. The molecular formula is C16H17N5O2. The molecule has 1 aromatic heterocycles. The molecule has 0 radical (unpaired) electrons. The Bertz CT molecular complexity index is 720. The van der Waals surface area contributed by atoms with Crippen molar-refractivity contribution in [2.75, 3.05) is 18.4 Å². The molecule has 2 aromatic rings. The summed E-state index contributed by atoms with van der Waals surface area (Å²) in [6.07, 6.45) is 4.78. The zero-order valence-electron chi connectivity index (χ0n) is 12.6. The topological polar surface area (TPSA) is 80.1 Å². The Hall–Kier alpha value is -2.96. The number of carbonyl (C=O) groups is 2. The molecule has 0 spiro atoms. The largest absolute Gasteiger partial charge is 0.338 e. The molecule has 7 nitrogen and oxygen atoms in total. The Kier molecular flexibility index (Phi) is 4.18. The van der Waals surface area contributed by atoms with Crippen LogP contribution in [0.1, 0.15) is 11.6 Å². The predicted molar refractivity (Wildman–Crippen MR) is 84.6 cm³/mol. The highest BCUT2D eigenvalue weighted by Crippen LogP contribution is 2.23. The van der Waals surface area contributed by atoms with Crippen LogP contribution in [0.5, 0.6) is 0 Å². The smallest absolute Gasteiger partial charge is 0.247 e. The normalized spacial score (nSPS) is 14.2. The van der Waals surface area contributed by atoms with Crippen LogP contribution in [0.15, 0.2) is 49.6 Å². The molecule has 0 atom stereocenters. The molecule has 1 saturated heterocycles. The van der Waals surface area contributed by atoms with Gasteiger partial charge in [-0.2, -0.15) is 0 Å². The number of nitrogens with one attached hydrogen (secondary N) is 1. The number of para-hydroxylation sites is 1. The lowest BCUT2D eigenvalue weighted by atomic mass is 10.0. The lowest BCUT2D eigenvalue weighted by Crippen LogP contribution is -2.51.